The van der Waals surface area contributed by atoms with E-state index in [2.05, 4.69) is 9.97 Å². The van der Waals surface area contributed by atoms with Gasteiger partial charge in [0, 0.05) is 16.8 Å². The molecule has 0 aliphatic carbocycles. The quantitative estimate of drug-likeness (QED) is 0.771. The fraction of sp³-hybridized carbons (Fsp3) is 0.0833. The van der Waals surface area contributed by atoms with Gasteiger partial charge in [-0.1, -0.05) is 18.2 Å². The monoisotopic (exact) mass is 214 g/mol. The van der Waals surface area contributed by atoms with Gasteiger partial charge in [0.1, 0.15) is 6.29 Å². The molecule has 1 aromatic carbocycles. The smallest absolute Gasteiger partial charge is 0.310 e. The summed E-state index contributed by atoms with van der Waals surface area (Å²) in [5, 5.41) is 0. The third kappa shape index (κ3) is 2.06. The second-order valence-electron chi connectivity index (χ2n) is 3.50. The number of aromatic nitrogens is 2. The number of H-pyrrole nitrogens is 1. The van der Waals surface area contributed by atoms with Crippen LogP contribution >= 0.6 is 0 Å². The number of hydrogen-bond acceptors (Lipinski definition) is 3. The summed E-state index contributed by atoms with van der Waals surface area (Å²) in [6.07, 6.45) is 0.767. The SMILES string of the molecule is Cc1cc(-c2cccc(C=O)c2)nc(=O)[nH]1. The minimum atomic E-state index is -0.383. The number of nitrogens with one attached hydrogen (secondary N) is 1. The van der Waals surface area contributed by atoms with Crippen LogP contribution in [-0.4, -0.2) is 16.3 Å². The van der Waals surface area contributed by atoms with Crippen LogP contribution in [0.25, 0.3) is 11.3 Å². The molecule has 0 aliphatic rings. The number of carbonyl (C=O) groups excluding carboxylic acids is 1. The Morgan fingerprint density at radius 2 is 2.12 bits per heavy atom. The van der Waals surface area contributed by atoms with Crippen molar-refractivity contribution in [2.24, 2.45) is 0 Å². The van der Waals surface area contributed by atoms with E-state index in [-0.39, 0.29) is 5.69 Å². The third-order valence-corrected chi connectivity index (χ3v) is 2.20. The second-order valence-corrected chi connectivity index (χ2v) is 3.50. The first-order valence-electron chi connectivity index (χ1n) is 4.82. The van der Waals surface area contributed by atoms with Crippen molar-refractivity contribution < 1.29 is 4.79 Å². The topological polar surface area (TPSA) is 62.8 Å². The summed E-state index contributed by atoms with van der Waals surface area (Å²) in [5.41, 5.74) is 2.26. The molecule has 1 heterocycles. The van der Waals surface area contributed by atoms with Crippen molar-refractivity contribution in [1.29, 1.82) is 0 Å². The van der Waals surface area contributed by atoms with Gasteiger partial charge in [-0.05, 0) is 19.1 Å². The van der Waals surface area contributed by atoms with Gasteiger partial charge in [0.15, 0.2) is 0 Å². The number of aryl methyl sites for hydroxylation is 1. The molecule has 0 atom stereocenters. The lowest BCUT2D eigenvalue weighted by Gasteiger charge is -2.01. The minimum absolute atomic E-state index is 0.383. The van der Waals surface area contributed by atoms with Crippen LogP contribution in [-0.2, 0) is 0 Å². The number of aromatic amines is 1. The van der Waals surface area contributed by atoms with E-state index in [1.165, 1.54) is 0 Å². The maximum absolute atomic E-state index is 11.2. The summed E-state index contributed by atoms with van der Waals surface area (Å²) in [6, 6.07) is 8.75. The molecule has 0 fully saturated rings. The Balaban J connectivity index is 2.57. The van der Waals surface area contributed by atoms with Crippen LogP contribution < -0.4 is 5.69 Å². The summed E-state index contributed by atoms with van der Waals surface area (Å²) in [6.45, 7) is 1.79. The first-order valence-corrected chi connectivity index (χ1v) is 4.82. The van der Waals surface area contributed by atoms with E-state index in [4.69, 9.17) is 0 Å². The van der Waals surface area contributed by atoms with Crippen molar-refractivity contribution in [2.75, 3.05) is 0 Å². The second kappa shape index (κ2) is 4.10. The number of carbonyl (C=O) groups is 1. The van der Waals surface area contributed by atoms with Crippen LogP contribution in [0.3, 0.4) is 0 Å². The maximum Gasteiger partial charge on any atom is 0.345 e. The van der Waals surface area contributed by atoms with Gasteiger partial charge in [-0.25, -0.2) is 4.79 Å². The highest BCUT2D eigenvalue weighted by molar-refractivity contribution is 5.78. The van der Waals surface area contributed by atoms with Crippen molar-refractivity contribution in [3.05, 3.63) is 52.1 Å². The highest BCUT2D eigenvalue weighted by atomic mass is 16.1. The minimum Gasteiger partial charge on any atom is -0.310 e. The van der Waals surface area contributed by atoms with Crippen molar-refractivity contribution in [2.45, 2.75) is 6.92 Å². The van der Waals surface area contributed by atoms with Gasteiger partial charge in [0.05, 0.1) is 5.69 Å². The average Bonchev–Trinajstić information content (AvgIpc) is 2.28. The van der Waals surface area contributed by atoms with Gasteiger partial charge in [0.2, 0.25) is 0 Å². The van der Waals surface area contributed by atoms with Gasteiger partial charge in [0.25, 0.3) is 0 Å². The summed E-state index contributed by atoms with van der Waals surface area (Å²) in [5.74, 6) is 0. The number of benzene rings is 1. The van der Waals surface area contributed by atoms with Crippen molar-refractivity contribution >= 4 is 6.29 Å². The van der Waals surface area contributed by atoms with E-state index in [9.17, 15) is 9.59 Å². The molecule has 1 N–H and O–H groups in total. The molecule has 0 unspecified atom stereocenters. The Morgan fingerprint density at radius 3 is 2.81 bits per heavy atom. The van der Waals surface area contributed by atoms with Gasteiger partial charge in [-0.15, -0.1) is 0 Å². The molecule has 16 heavy (non-hydrogen) atoms. The summed E-state index contributed by atoms with van der Waals surface area (Å²) < 4.78 is 0. The van der Waals surface area contributed by atoms with Crippen LogP contribution in [0.4, 0.5) is 0 Å². The first kappa shape index (κ1) is 10.3. The number of aldehydes is 1. The zero-order chi connectivity index (χ0) is 11.5. The van der Waals surface area contributed by atoms with Gasteiger partial charge in [-0.2, -0.15) is 4.98 Å². The normalized spacial score (nSPS) is 10.1. The molecule has 0 saturated heterocycles. The molecule has 0 aliphatic heterocycles. The van der Waals surface area contributed by atoms with Crippen LogP contribution in [0.5, 0.6) is 0 Å². The molecule has 80 valence electrons. The molecule has 2 aromatic rings. The summed E-state index contributed by atoms with van der Waals surface area (Å²) in [4.78, 5) is 28.3. The standard InChI is InChI=1S/C12H10N2O2/c1-8-5-11(14-12(16)13-8)10-4-2-3-9(6-10)7-15/h2-7H,1H3,(H,13,14,16). The first-order chi connectivity index (χ1) is 7.69. The summed E-state index contributed by atoms with van der Waals surface area (Å²) >= 11 is 0. The van der Waals surface area contributed by atoms with E-state index < -0.39 is 0 Å². The Kier molecular flexibility index (Phi) is 2.64. The lowest BCUT2D eigenvalue weighted by Crippen LogP contribution is -2.11. The molecule has 1 aromatic heterocycles. The molecule has 0 saturated carbocycles. The molecular formula is C12H10N2O2. The van der Waals surface area contributed by atoms with Gasteiger partial charge >= 0.3 is 5.69 Å². The molecule has 0 spiro atoms. The van der Waals surface area contributed by atoms with Crippen molar-refractivity contribution in [3.63, 3.8) is 0 Å². The van der Waals surface area contributed by atoms with Gasteiger partial charge in [-0.3, -0.25) is 4.79 Å². The Hall–Kier alpha value is -2.23. The largest absolute Gasteiger partial charge is 0.345 e. The zero-order valence-electron chi connectivity index (χ0n) is 8.73. The highest BCUT2D eigenvalue weighted by Gasteiger charge is 2.02. The Bertz CT molecular complexity index is 588. The van der Waals surface area contributed by atoms with Crippen molar-refractivity contribution in [1.82, 2.24) is 9.97 Å². The Labute approximate surface area is 92.0 Å². The molecule has 2 rings (SSSR count). The number of hydrogen-bond donors (Lipinski definition) is 1. The van der Waals surface area contributed by atoms with Crippen LogP contribution in [0.2, 0.25) is 0 Å². The third-order valence-electron chi connectivity index (χ3n) is 2.20. The predicted molar refractivity (Wildman–Crippen MR) is 60.4 cm³/mol. The fourth-order valence-corrected chi connectivity index (χ4v) is 1.50. The molecule has 0 bridgehead atoms. The molecule has 4 heteroatoms. The molecule has 4 nitrogen and oxygen atoms in total. The number of nitrogens with zero attached hydrogens (tertiary/aromatic N) is 1. The number of rotatable bonds is 2. The van der Waals surface area contributed by atoms with E-state index in [0.717, 1.165) is 17.5 Å². The van der Waals surface area contributed by atoms with E-state index in [1.54, 1.807) is 31.2 Å². The van der Waals surface area contributed by atoms with E-state index >= 15 is 0 Å². The predicted octanol–water partition coefficient (Wildman–Crippen LogP) is 1.56. The summed E-state index contributed by atoms with van der Waals surface area (Å²) in [7, 11) is 0. The van der Waals surface area contributed by atoms with E-state index in [0.29, 0.717) is 11.3 Å². The van der Waals surface area contributed by atoms with Crippen LogP contribution in [0.1, 0.15) is 16.1 Å². The van der Waals surface area contributed by atoms with Crippen LogP contribution in [0, 0.1) is 6.92 Å². The Morgan fingerprint density at radius 1 is 1.31 bits per heavy atom. The average molecular weight is 214 g/mol. The lowest BCUT2D eigenvalue weighted by atomic mass is 10.1. The zero-order valence-corrected chi connectivity index (χ0v) is 8.73. The molecule has 0 amide bonds. The fourth-order valence-electron chi connectivity index (χ4n) is 1.50. The van der Waals surface area contributed by atoms with E-state index in [1.807, 2.05) is 6.07 Å². The maximum atomic E-state index is 11.2. The van der Waals surface area contributed by atoms with Crippen LogP contribution in [0.15, 0.2) is 35.1 Å². The lowest BCUT2D eigenvalue weighted by molar-refractivity contribution is 0.112. The van der Waals surface area contributed by atoms with Crippen molar-refractivity contribution in [3.8, 4) is 11.3 Å². The van der Waals surface area contributed by atoms with Gasteiger partial charge < -0.3 is 4.98 Å². The molecular weight excluding hydrogens is 204 g/mol. The highest BCUT2D eigenvalue weighted by Crippen LogP contribution is 2.16. The molecule has 0 radical (unpaired) electrons.